The first-order valence-corrected chi connectivity index (χ1v) is 3.63. The molecule has 0 saturated carbocycles. The Kier molecular flexibility index (Phi) is 2.86. The molecule has 0 fully saturated rings. The van der Waals surface area contributed by atoms with Crippen molar-refractivity contribution in [1.82, 2.24) is 0 Å². The Bertz CT molecular complexity index is 287. The first-order valence-electron chi connectivity index (χ1n) is 3.63. The highest BCUT2D eigenvalue weighted by Gasteiger charge is 2.09. The Labute approximate surface area is 70.2 Å². The van der Waals surface area contributed by atoms with Gasteiger partial charge in [0.2, 0.25) is 0 Å². The van der Waals surface area contributed by atoms with Crippen LogP contribution in [0.4, 0.5) is 0 Å². The average molecular weight is 166 g/mol. The number of aliphatic hydroxyl groups excluding tert-OH is 1. The van der Waals surface area contributed by atoms with E-state index >= 15 is 0 Å². The highest BCUT2D eigenvalue weighted by atomic mass is 16.3. The number of aliphatic hydroxyl groups is 1. The first-order chi connectivity index (χ1) is 5.77. The fraction of sp³-hybridized carbons (Fsp3) is 0.375. The van der Waals surface area contributed by atoms with Crippen molar-refractivity contribution >= 4 is 0 Å². The second-order valence-electron chi connectivity index (χ2n) is 2.47. The van der Waals surface area contributed by atoms with Crippen molar-refractivity contribution in [3.8, 4) is 6.07 Å². The van der Waals surface area contributed by atoms with Crippen LogP contribution in [0, 0.1) is 11.3 Å². The SMILES string of the molecule is N#Cc1coc([C@H](N)CCO)c1. The zero-order chi connectivity index (χ0) is 8.97. The van der Waals surface area contributed by atoms with Crippen molar-refractivity contribution in [3.63, 3.8) is 0 Å². The molecule has 0 amide bonds. The van der Waals surface area contributed by atoms with Crippen LogP contribution < -0.4 is 5.73 Å². The van der Waals surface area contributed by atoms with Gasteiger partial charge in [-0.15, -0.1) is 0 Å². The minimum atomic E-state index is -0.322. The van der Waals surface area contributed by atoms with E-state index < -0.39 is 0 Å². The molecule has 0 aliphatic carbocycles. The van der Waals surface area contributed by atoms with Crippen molar-refractivity contribution in [2.45, 2.75) is 12.5 Å². The molecule has 1 heterocycles. The van der Waals surface area contributed by atoms with Crippen molar-refractivity contribution in [2.24, 2.45) is 5.73 Å². The van der Waals surface area contributed by atoms with E-state index in [0.29, 0.717) is 17.7 Å². The van der Waals surface area contributed by atoms with E-state index in [0.717, 1.165) is 0 Å². The molecule has 0 spiro atoms. The summed E-state index contributed by atoms with van der Waals surface area (Å²) in [6, 6.07) is 3.19. The molecular weight excluding hydrogens is 156 g/mol. The fourth-order valence-corrected chi connectivity index (χ4v) is 0.887. The molecule has 4 heteroatoms. The molecule has 0 unspecified atom stereocenters. The summed E-state index contributed by atoms with van der Waals surface area (Å²) in [4.78, 5) is 0. The summed E-state index contributed by atoms with van der Waals surface area (Å²) in [5.74, 6) is 0.542. The average Bonchev–Trinajstić information content (AvgIpc) is 2.52. The fourth-order valence-electron chi connectivity index (χ4n) is 0.887. The second-order valence-corrected chi connectivity index (χ2v) is 2.47. The summed E-state index contributed by atoms with van der Waals surface area (Å²) in [7, 11) is 0. The summed E-state index contributed by atoms with van der Waals surface area (Å²) >= 11 is 0. The molecule has 0 saturated heterocycles. The van der Waals surface area contributed by atoms with Crippen LogP contribution in [-0.4, -0.2) is 11.7 Å². The third-order valence-corrected chi connectivity index (χ3v) is 1.55. The van der Waals surface area contributed by atoms with Crippen LogP contribution in [-0.2, 0) is 0 Å². The summed E-state index contributed by atoms with van der Waals surface area (Å²) in [6.45, 7) is 0.0176. The van der Waals surface area contributed by atoms with Crippen molar-refractivity contribution < 1.29 is 9.52 Å². The molecule has 4 nitrogen and oxygen atoms in total. The smallest absolute Gasteiger partial charge is 0.121 e. The van der Waals surface area contributed by atoms with Gasteiger partial charge in [-0.2, -0.15) is 5.26 Å². The van der Waals surface area contributed by atoms with E-state index in [4.69, 9.17) is 20.5 Å². The van der Waals surface area contributed by atoms with Crippen molar-refractivity contribution in [2.75, 3.05) is 6.61 Å². The maximum Gasteiger partial charge on any atom is 0.121 e. The third kappa shape index (κ3) is 1.84. The van der Waals surface area contributed by atoms with Crippen LogP contribution >= 0.6 is 0 Å². The van der Waals surface area contributed by atoms with E-state index in [2.05, 4.69) is 0 Å². The Hall–Kier alpha value is -1.31. The topological polar surface area (TPSA) is 83.2 Å². The normalized spacial score (nSPS) is 12.4. The maximum absolute atomic E-state index is 8.58. The Morgan fingerprint density at radius 3 is 3.00 bits per heavy atom. The van der Waals surface area contributed by atoms with Gasteiger partial charge < -0.3 is 15.3 Å². The second kappa shape index (κ2) is 3.90. The third-order valence-electron chi connectivity index (χ3n) is 1.55. The van der Waals surface area contributed by atoms with Gasteiger partial charge in [0.05, 0.1) is 11.6 Å². The lowest BCUT2D eigenvalue weighted by atomic mass is 10.1. The van der Waals surface area contributed by atoms with Gasteiger partial charge in [0.1, 0.15) is 18.1 Å². The minimum absolute atomic E-state index is 0.0176. The predicted molar refractivity (Wildman–Crippen MR) is 42.1 cm³/mol. The molecule has 1 rings (SSSR count). The number of rotatable bonds is 3. The monoisotopic (exact) mass is 166 g/mol. The number of furan rings is 1. The van der Waals surface area contributed by atoms with E-state index in [9.17, 15) is 0 Å². The number of hydrogen-bond donors (Lipinski definition) is 2. The van der Waals surface area contributed by atoms with E-state index in [1.54, 1.807) is 6.07 Å². The van der Waals surface area contributed by atoms with Crippen LogP contribution in [0.15, 0.2) is 16.7 Å². The molecule has 12 heavy (non-hydrogen) atoms. The van der Waals surface area contributed by atoms with E-state index in [1.807, 2.05) is 6.07 Å². The van der Waals surface area contributed by atoms with Gasteiger partial charge in [0.25, 0.3) is 0 Å². The molecule has 0 aliphatic heterocycles. The van der Waals surface area contributed by atoms with Gasteiger partial charge in [0, 0.05) is 6.61 Å². The Morgan fingerprint density at radius 1 is 1.75 bits per heavy atom. The number of nitrogens with zero attached hydrogens (tertiary/aromatic N) is 1. The summed E-state index contributed by atoms with van der Waals surface area (Å²) in [5.41, 5.74) is 6.07. The van der Waals surface area contributed by atoms with Gasteiger partial charge in [-0.25, -0.2) is 0 Å². The molecule has 1 aromatic rings. The zero-order valence-corrected chi connectivity index (χ0v) is 6.53. The molecule has 0 radical (unpaired) electrons. The molecule has 1 atom stereocenters. The summed E-state index contributed by atoms with van der Waals surface area (Å²) in [6.07, 6.45) is 1.80. The minimum Gasteiger partial charge on any atom is -0.466 e. The zero-order valence-electron chi connectivity index (χ0n) is 6.53. The Balaban J connectivity index is 2.69. The number of nitrogens with two attached hydrogens (primary N) is 1. The van der Waals surface area contributed by atoms with Gasteiger partial charge in [0.15, 0.2) is 0 Å². The highest BCUT2D eigenvalue weighted by molar-refractivity contribution is 5.27. The van der Waals surface area contributed by atoms with Crippen LogP contribution in [0.5, 0.6) is 0 Å². The molecule has 3 N–H and O–H groups in total. The van der Waals surface area contributed by atoms with Gasteiger partial charge >= 0.3 is 0 Å². The molecule has 1 aromatic heterocycles. The van der Waals surface area contributed by atoms with Crippen LogP contribution in [0.3, 0.4) is 0 Å². The predicted octanol–water partition coefficient (Wildman–Crippen LogP) is 0.533. The number of hydrogen-bond acceptors (Lipinski definition) is 4. The quantitative estimate of drug-likeness (QED) is 0.686. The maximum atomic E-state index is 8.58. The van der Waals surface area contributed by atoms with Crippen LogP contribution in [0.25, 0.3) is 0 Å². The first kappa shape index (κ1) is 8.78. The van der Waals surface area contributed by atoms with Crippen LogP contribution in [0.1, 0.15) is 23.8 Å². The largest absolute Gasteiger partial charge is 0.466 e. The lowest BCUT2D eigenvalue weighted by Crippen LogP contribution is -2.10. The van der Waals surface area contributed by atoms with Crippen LogP contribution in [0.2, 0.25) is 0 Å². The Morgan fingerprint density at radius 2 is 2.50 bits per heavy atom. The molecular formula is C8H10N2O2. The molecule has 64 valence electrons. The summed E-state index contributed by atoms with van der Waals surface area (Å²) in [5, 5.41) is 17.0. The van der Waals surface area contributed by atoms with Gasteiger partial charge in [-0.3, -0.25) is 0 Å². The van der Waals surface area contributed by atoms with E-state index in [1.165, 1.54) is 6.26 Å². The van der Waals surface area contributed by atoms with E-state index in [-0.39, 0.29) is 12.6 Å². The van der Waals surface area contributed by atoms with Crippen molar-refractivity contribution in [3.05, 3.63) is 23.7 Å². The lowest BCUT2D eigenvalue weighted by Gasteiger charge is -2.04. The van der Waals surface area contributed by atoms with Crippen molar-refractivity contribution in [1.29, 1.82) is 5.26 Å². The van der Waals surface area contributed by atoms with Gasteiger partial charge in [-0.05, 0) is 12.5 Å². The summed E-state index contributed by atoms with van der Waals surface area (Å²) < 4.78 is 5.01. The molecule has 0 bridgehead atoms. The highest BCUT2D eigenvalue weighted by Crippen LogP contribution is 2.16. The molecule has 0 aliphatic rings. The standard InChI is InChI=1S/C8H10N2O2/c9-4-6-3-8(12-5-6)7(10)1-2-11/h3,5,7,11H,1-2,10H2/t7-/m1/s1. The van der Waals surface area contributed by atoms with Gasteiger partial charge in [-0.1, -0.05) is 0 Å². The lowest BCUT2D eigenvalue weighted by molar-refractivity contribution is 0.268. The number of nitriles is 1. The molecule has 0 aromatic carbocycles.